The summed E-state index contributed by atoms with van der Waals surface area (Å²) in [5, 5.41) is 2.99. The minimum atomic E-state index is -1.01. The molecule has 1 saturated heterocycles. The van der Waals surface area contributed by atoms with E-state index in [1.807, 2.05) is 0 Å². The van der Waals surface area contributed by atoms with E-state index < -0.39 is 6.17 Å². The van der Waals surface area contributed by atoms with Crippen LogP contribution in [0.2, 0.25) is 0 Å². The third kappa shape index (κ3) is 1.70. The molecule has 1 heterocycles. The fourth-order valence-corrected chi connectivity index (χ4v) is 1.44. The van der Waals surface area contributed by atoms with Crippen LogP contribution in [0.4, 0.5) is 8.78 Å². The van der Waals surface area contributed by atoms with E-state index in [1.165, 1.54) is 24.3 Å². The number of rotatable bonds is 2. The molecule has 13 heavy (non-hydrogen) atoms. The Bertz CT molecular complexity index is 279. The van der Waals surface area contributed by atoms with Crippen LogP contribution in [0.25, 0.3) is 0 Å². The molecule has 1 fully saturated rings. The molecule has 0 aromatic heterocycles. The number of hydrogen-bond acceptors (Lipinski definition) is 1. The van der Waals surface area contributed by atoms with Crippen LogP contribution in [0.15, 0.2) is 24.3 Å². The monoisotopic (exact) mass is 183 g/mol. The van der Waals surface area contributed by atoms with E-state index in [0.717, 1.165) is 13.0 Å². The van der Waals surface area contributed by atoms with Crippen molar-refractivity contribution in [3.05, 3.63) is 35.6 Å². The van der Waals surface area contributed by atoms with Crippen LogP contribution in [0, 0.1) is 5.82 Å². The lowest BCUT2D eigenvalue weighted by Crippen LogP contribution is -2.45. The van der Waals surface area contributed by atoms with E-state index >= 15 is 0 Å². The second-order valence-corrected chi connectivity index (χ2v) is 3.30. The maximum atomic E-state index is 13.5. The SMILES string of the molecule is Fc1ccc(C(F)C2CCN2)cc1. The molecule has 1 N–H and O–H groups in total. The van der Waals surface area contributed by atoms with E-state index in [0.29, 0.717) is 5.56 Å². The topological polar surface area (TPSA) is 12.0 Å². The van der Waals surface area contributed by atoms with Gasteiger partial charge in [0, 0.05) is 6.04 Å². The lowest BCUT2D eigenvalue weighted by atomic mass is 9.96. The van der Waals surface area contributed by atoms with Crippen molar-refractivity contribution in [1.29, 1.82) is 0 Å². The molecule has 1 aliphatic rings. The number of benzene rings is 1. The molecule has 2 unspecified atom stereocenters. The Morgan fingerprint density at radius 1 is 1.31 bits per heavy atom. The van der Waals surface area contributed by atoms with Crippen LogP contribution < -0.4 is 5.32 Å². The van der Waals surface area contributed by atoms with Crippen molar-refractivity contribution in [3.8, 4) is 0 Å². The maximum absolute atomic E-state index is 13.5. The van der Waals surface area contributed by atoms with Crippen LogP contribution in [0.3, 0.4) is 0 Å². The van der Waals surface area contributed by atoms with Crippen molar-refractivity contribution < 1.29 is 8.78 Å². The second kappa shape index (κ2) is 3.42. The Morgan fingerprint density at radius 3 is 2.38 bits per heavy atom. The van der Waals surface area contributed by atoms with Gasteiger partial charge in [0.15, 0.2) is 0 Å². The maximum Gasteiger partial charge on any atom is 0.140 e. The molecule has 1 aliphatic heterocycles. The average molecular weight is 183 g/mol. The number of hydrogen-bond donors (Lipinski definition) is 1. The van der Waals surface area contributed by atoms with Crippen molar-refractivity contribution >= 4 is 0 Å². The van der Waals surface area contributed by atoms with Gasteiger partial charge in [-0.2, -0.15) is 0 Å². The van der Waals surface area contributed by atoms with Gasteiger partial charge in [0.2, 0.25) is 0 Å². The number of halogens is 2. The lowest BCUT2D eigenvalue weighted by Gasteiger charge is -2.30. The Kier molecular flexibility index (Phi) is 2.27. The smallest absolute Gasteiger partial charge is 0.140 e. The summed E-state index contributed by atoms with van der Waals surface area (Å²) in [5.41, 5.74) is 0.554. The van der Waals surface area contributed by atoms with Gasteiger partial charge >= 0.3 is 0 Å². The molecule has 0 radical (unpaired) electrons. The first kappa shape index (κ1) is 8.63. The molecule has 0 amide bonds. The van der Waals surface area contributed by atoms with Gasteiger partial charge in [0.05, 0.1) is 0 Å². The van der Waals surface area contributed by atoms with Crippen molar-refractivity contribution in [1.82, 2.24) is 5.32 Å². The van der Waals surface area contributed by atoms with Gasteiger partial charge in [-0.25, -0.2) is 8.78 Å². The Labute approximate surface area is 75.8 Å². The molecular formula is C10H11F2N. The minimum Gasteiger partial charge on any atom is -0.311 e. The molecule has 0 aliphatic carbocycles. The fraction of sp³-hybridized carbons (Fsp3) is 0.400. The summed E-state index contributed by atoms with van der Waals surface area (Å²) >= 11 is 0. The summed E-state index contributed by atoms with van der Waals surface area (Å²) in [6.45, 7) is 0.881. The predicted octanol–water partition coefficient (Wildman–Crippen LogP) is 2.20. The molecule has 70 valence electrons. The summed E-state index contributed by atoms with van der Waals surface area (Å²) < 4.78 is 26.0. The van der Waals surface area contributed by atoms with Gasteiger partial charge in [0.25, 0.3) is 0 Å². The van der Waals surface area contributed by atoms with Gasteiger partial charge in [-0.15, -0.1) is 0 Å². The molecule has 0 bridgehead atoms. The summed E-state index contributed by atoms with van der Waals surface area (Å²) in [7, 11) is 0. The Morgan fingerprint density at radius 2 is 1.92 bits per heavy atom. The van der Waals surface area contributed by atoms with Crippen LogP contribution in [0.5, 0.6) is 0 Å². The molecule has 2 rings (SSSR count). The minimum absolute atomic E-state index is 0.0783. The van der Waals surface area contributed by atoms with Gasteiger partial charge in [-0.05, 0) is 30.7 Å². The summed E-state index contributed by atoms with van der Waals surface area (Å²) in [4.78, 5) is 0. The van der Waals surface area contributed by atoms with E-state index in [-0.39, 0.29) is 11.9 Å². The highest BCUT2D eigenvalue weighted by molar-refractivity contribution is 5.20. The van der Waals surface area contributed by atoms with Gasteiger partial charge < -0.3 is 5.32 Å². The standard InChI is InChI=1S/C10H11F2N/c11-8-3-1-7(2-4-8)10(12)9-5-6-13-9/h1-4,9-10,13H,5-6H2. The molecule has 3 heteroatoms. The van der Waals surface area contributed by atoms with E-state index in [4.69, 9.17) is 0 Å². The van der Waals surface area contributed by atoms with E-state index in [2.05, 4.69) is 5.32 Å². The first-order valence-electron chi connectivity index (χ1n) is 4.40. The highest BCUT2D eigenvalue weighted by Gasteiger charge is 2.27. The largest absolute Gasteiger partial charge is 0.311 e. The first-order valence-corrected chi connectivity index (χ1v) is 4.40. The molecule has 1 aromatic rings. The van der Waals surface area contributed by atoms with Gasteiger partial charge in [-0.3, -0.25) is 0 Å². The number of alkyl halides is 1. The third-order valence-electron chi connectivity index (χ3n) is 2.40. The highest BCUT2D eigenvalue weighted by Crippen LogP contribution is 2.26. The van der Waals surface area contributed by atoms with E-state index in [9.17, 15) is 8.78 Å². The van der Waals surface area contributed by atoms with Crippen molar-refractivity contribution in [3.63, 3.8) is 0 Å². The first-order chi connectivity index (χ1) is 6.27. The van der Waals surface area contributed by atoms with Crippen LogP contribution in [-0.4, -0.2) is 12.6 Å². The third-order valence-corrected chi connectivity index (χ3v) is 2.40. The van der Waals surface area contributed by atoms with Crippen LogP contribution in [0.1, 0.15) is 18.2 Å². The van der Waals surface area contributed by atoms with Gasteiger partial charge in [0.1, 0.15) is 12.0 Å². The number of nitrogens with one attached hydrogen (secondary N) is 1. The Balaban J connectivity index is 2.10. The van der Waals surface area contributed by atoms with Crippen molar-refractivity contribution in [2.24, 2.45) is 0 Å². The lowest BCUT2D eigenvalue weighted by molar-refractivity contribution is 0.194. The molecule has 1 aromatic carbocycles. The zero-order valence-electron chi connectivity index (χ0n) is 7.13. The summed E-state index contributed by atoms with van der Waals surface area (Å²) in [6.07, 6.45) is -0.146. The highest BCUT2D eigenvalue weighted by atomic mass is 19.1. The van der Waals surface area contributed by atoms with Crippen molar-refractivity contribution in [2.75, 3.05) is 6.54 Å². The van der Waals surface area contributed by atoms with Gasteiger partial charge in [-0.1, -0.05) is 12.1 Å². The molecule has 2 atom stereocenters. The average Bonchev–Trinajstić information content (AvgIpc) is 2.02. The van der Waals surface area contributed by atoms with Crippen LogP contribution in [-0.2, 0) is 0 Å². The fourth-order valence-electron chi connectivity index (χ4n) is 1.44. The predicted molar refractivity (Wildman–Crippen MR) is 46.7 cm³/mol. The van der Waals surface area contributed by atoms with E-state index in [1.54, 1.807) is 0 Å². The summed E-state index contributed by atoms with van der Waals surface area (Å²) in [5.74, 6) is -0.322. The quantitative estimate of drug-likeness (QED) is 0.741. The summed E-state index contributed by atoms with van der Waals surface area (Å²) in [6, 6.07) is 5.51. The van der Waals surface area contributed by atoms with Crippen molar-refractivity contribution in [2.45, 2.75) is 18.6 Å². The zero-order chi connectivity index (χ0) is 9.26. The second-order valence-electron chi connectivity index (χ2n) is 3.30. The zero-order valence-corrected chi connectivity index (χ0v) is 7.13. The molecule has 0 saturated carbocycles. The normalized spacial score (nSPS) is 23.7. The van der Waals surface area contributed by atoms with Crippen LogP contribution >= 0.6 is 0 Å². The Hall–Kier alpha value is -0.960. The molecule has 0 spiro atoms. The molecular weight excluding hydrogens is 172 g/mol. The molecule has 1 nitrogen and oxygen atoms in total.